The number of nitrogens with two attached hydrogens (primary N) is 1. The smallest absolute Gasteiger partial charge is 0.109 e. The van der Waals surface area contributed by atoms with Crippen molar-refractivity contribution in [3.8, 4) is 17.2 Å². The van der Waals surface area contributed by atoms with Crippen LogP contribution in [-0.4, -0.2) is 6.54 Å². The topological polar surface area (TPSA) is 49.8 Å². The molecule has 2 aliphatic carbocycles. The van der Waals surface area contributed by atoms with E-state index < -0.39 is 5.41 Å². The fourth-order valence-electron chi connectivity index (χ4n) is 4.37. The lowest BCUT2D eigenvalue weighted by atomic mass is 9.55. The second-order valence-electron chi connectivity index (χ2n) is 6.89. The Hall–Kier alpha value is -2.11. The van der Waals surface area contributed by atoms with E-state index in [2.05, 4.69) is 57.2 Å². The molecule has 0 aromatic heterocycles. The zero-order valence-electron chi connectivity index (χ0n) is 14.2. The molecular weight excluding hydrogens is 280 g/mol. The number of fused-ring (bicyclic) bond motifs is 2. The summed E-state index contributed by atoms with van der Waals surface area (Å²) in [5, 5.41) is 10.1. The second kappa shape index (κ2) is 5.83. The number of nitrogens with zero attached hydrogens (tertiary/aromatic N) is 1. The van der Waals surface area contributed by atoms with Crippen LogP contribution in [0.4, 0.5) is 0 Å². The van der Waals surface area contributed by atoms with Crippen molar-refractivity contribution in [2.45, 2.75) is 39.0 Å². The van der Waals surface area contributed by atoms with Gasteiger partial charge >= 0.3 is 0 Å². The third kappa shape index (κ3) is 2.28. The first-order valence-corrected chi connectivity index (χ1v) is 8.37. The molecule has 0 amide bonds. The summed E-state index contributed by atoms with van der Waals surface area (Å²) in [7, 11) is 0. The molecule has 2 bridgehead atoms. The fraction of sp³-hybridized carbons (Fsp3) is 0.381. The van der Waals surface area contributed by atoms with Crippen LogP contribution in [0.3, 0.4) is 0 Å². The minimum atomic E-state index is -0.442. The van der Waals surface area contributed by atoms with E-state index in [1.807, 2.05) is 6.07 Å². The van der Waals surface area contributed by atoms with E-state index in [1.165, 1.54) is 33.4 Å². The number of benzene rings is 2. The lowest BCUT2D eigenvalue weighted by Gasteiger charge is -2.45. The number of rotatable bonds is 5. The summed E-state index contributed by atoms with van der Waals surface area (Å²) < 4.78 is 0. The fourth-order valence-corrected chi connectivity index (χ4v) is 4.37. The van der Waals surface area contributed by atoms with Crippen molar-refractivity contribution < 1.29 is 0 Å². The van der Waals surface area contributed by atoms with Crippen molar-refractivity contribution >= 4 is 0 Å². The Bertz CT molecular complexity index is 764. The molecule has 2 heteroatoms. The third-order valence-electron chi connectivity index (χ3n) is 5.22. The van der Waals surface area contributed by atoms with Gasteiger partial charge in [-0.05, 0) is 72.5 Å². The Kier molecular flexibility index (Phi) is 4.00. The summed E-state index contributed by atoms with van der Waals surface area (Å²) in [4.78, 5) is 0. The molecule has 0 heterocycles. The average Bonchev–Trinajstić information content (AvgIpc) is 2.54. The maximum absolute atomic E-state index is 10.1. The van der Waals surface area contributed by atoms with Gasteiger partial charge in [0.15, 0.2) is 0 Å². The molecule has 0 fully saturated rings. The van der Waals surface area contributed by atoms with Crippen LogP contribution in [0.5, 0.6) is 0 Å². The van der Waals surface area contributed by atoms with Gasteiger partial charge < -0.3 is 5.73 Å². The highest BCUT2D eigenvalue weighted by Crippen LogP contribution is 2.55. The summed E-state index contributed by atoms with van der Waals surface area (Å²) in [5.74, 6) is 0.445. The van der Waals surface area contributed by atoms with Crippen molar-refractivity contribution in [1.82, 2.24) is 0 Å². The van der Waals surface area contributed by atoms with Crippen LogP contribution < -0.4 is 5.73 Å². The molecule has 0 saturated heterocycles. The van der Waals surface area contributed by atoms with E-state index in [9.17, 15) is 5.26 Å². The first kappa shape index (κ1) is 15.8. The molecule has 118 valence electrons. The summed E-state index contributed by atoms with van der Waals surface area (Å²) in [5.41, 5.74) is 12.7. The van der Waals surface area contributed by atoms with Crippen LogP contribution in [0.25, 0.3) is 11.1 Å². The molecule has 0 aliphatic heterocycles. The van der Waals surface area contributed by atoms with Gasteiger partial charge in [0.05, 0.1) is 6.07 Å². The molecular formula is C21H24N2. The third-order valence-corrected chi connectivity index (χ3v) is 5.22. The molecule has 2 aliphatic rings. The second-order valence-corrected chi connectivity index (χ2v) is 6.89. The largest absolute Gasteiger partial charge is 0.330 e. The van der Waals surface area contributed by atoms with E-state index in [0.717, 1.165) is 12.8 Å². The number of hydrogen-bond acceptors (Lipinski definition) is 2. The van der Waals surface area contributed by atoms with Gasteiger partial charge in [-0.1, -0.05) is 43.3 Å². The van der Waals surface area contributed by atoms with Crippen molar-refractivity contribution in [1.29, 1.82) is 5.26 Å². The normalized spacial score (nSPS) is 19.8. The summed E-state index contributed by atoms with van der Waals surface area (Å²) in [6, 6.07) is 15.3. The van der Waals surface area contributed by atoms with Gasteiger partial charge in [-0.2, -0.15) is 5.26 Å². The first-order chi connectivity index (χ1) is 11.0. The van der Waals surface area contributed by atoms with Crippen LogP contribution in [0.2, 0.25) is 0 Å². The predicted octanol–water partition coefficient (Wildman–Crippen LogP) is 4.47. The minimum Gasteiger partial charge on any atom is -0.330 e. The molecule has 0 saturated carbocycles. The summed E-state index contributed by atoms with van der Waals surface area (Å²) in [6.45, 7) is 7.18. The van der Waals surface area contributed by atoms with Crippen LogP contribution >= 0.6 is 0 Å². The van der Waals surface area contributed by atoms with E-state index in [0.29, 0.717) is 12.5 Å². The number of hydrogen-bond donors (Lipinski definition) is 1. The molecule has 0 radical (unpaired) electrons. The van der Waals surface area contributed by atoms with Crippen molar-refractivity contribution in [2.24, 2.45) is 11.7 Å². The van der Waals surface area contributed by atoms with Gasteiger partial charge in [0.1, 0.15) is 5.41 Å². The highest BCUT2D eigenvalue weighted by molar-refractivity contribution is 5.82. The van der Waals surface area contributed by atoms with Gasteiger partial charge in [0, 0.05) is 0 Å². The molecule has 2 aromatic rings. The molecule has 4 rings (SSSR count). The Labute approximate surface area is 138 Å². The van der Waals surface area contributed by atoms with E-state index >= 15 is 0 Å². The number of nitriles is 1. The minimum absolute atomic E-state index is 0.442. The van der Waals surface area contributed by atoms with Crippen LogP contribution in [0, 0.1) is 31.1 Å². The van der Waals surface area contributed by atoms with Gasteiger partial charge in [-0.15, -0.1) is 0 Å². The first-order valence-electron chi connectivity index (χ1n) is 8.37. The van der Waals surface area contributed by atoms with Crippen LogP contribution in [0.15, 0.2) is 36.4 Å². The summed E-state index contributed by atoms with van der Waals surface area (Å²) in [6.07, 6.45) is 1.83. The maximum atomic E-state index is 10.1. The van der Waals surface area contributed by atoms with Crippen LogP contribution in [-0.2, 0) is 5.41 Å². The van der Waals surface area contributed by atoms with Gasteiger partial charge in [0.25, 0.3) is 0 Å². The van der Waals surface area contributed by atoms with E-state index in [1.54, 1.807) is 0 Å². The van der Waals surface area contributed by atoms with E-state index in [-0.39, 0.29) is 0 Å². The van der Waals surface area contributed by atoms with Crippen LogP contribution in [0.1, 0.15) is 42.0 Å². The Morgan fingerprint density at radius 3 is 2.43 bits per heavy atom. The molecule has 2 N–H and O–H groups in total. The monoisotopic (exact) mass is 304 g/mol. The highest BCUT2D eigenvalue weighted by Gasteiger charge is 2.49. The SMILES string of the molecule is Cc1cc(-c2ccccc2)c2c(C)c1C2(C#N)CC(C)CCN. The lowest BCUT2D eigenvalue weighted by molar-refractivity contribution is 0.404. The van der Waals surface area contributed by atoms with Crippen molar-refractivity contribution in [3.05, 3.63) is 58.7 Å². The molecule has 2 unspecified atom stereocenters. The van der Waals surface area contributed by atoms with Crippen molar-refractivity contribution in [3.63, 3.8) is 0 Å². The Balaban J connectivity index is 2.13. The highest BCUT2D eigenvalue weighted by atomic mass is 14.5. The van der Waals surface area contributed by atoms with Gasteiger partial charge in [-0.25, -0.2) is 0 Å². The molecule has 0 spiro atoms. The maximum Gasteiger partial charge on any atom is 0.109 e. The average molecular weight is 304 g/mol. The Morgan fingerprint density at radius 2 is 1.87 bits per heavy atom. The predicted molar refractivity (Wildman–Crippen MR) is 95.2 cm³/mol. The Morgan fingerprint density at radius 1 is 1.17 bits per heavy atom. The van der Waals surface area contributed by atoms with E-state index in [4.69, 9.17) is 5.73 Å². The molecule has 2 aromatic carbocycles. The molecule has 2 atom stereocenters. The standard InChI is InChI=1S/C21H24N2/c1-14(9-10-22)12-21(13-23)19-15(2)11-18(20(21)16(19)3)17-7-5-4-6-8-17/h4-8,11,14H,9-10,12,22H2,1-3H3. The zero-order chi connectivity index (χ0) is 16.6. The quantitative estimate of drug-likeness (QED) is 0.886. The summed E-state index contributed by atoms with van der Waals surface area (Å²) >= 11 is 0. The van der Waals surface area contributed by atoms with Gasteiger partial charge in [-0.3, -0.25) is 0 Å². The zero-order valence-corrected chi connectivity index (χ0v) is 14.2. The molecule has 2 nitrogen and oxygen atoms in total. The number of aryl methyl sites for hydroxylation is 2. The molecule has 23 heavy (non-hydrogen) atoms. The lowest BCUT2D eigenvalue weighted by Crippen LogP contribution is -2.40. The van der Waals surface area contributed by atoms with Gasteiger partial charge in [0.2, 0.25) is 0 Å². The van der Waals surface area contributed by atoms with Crippen molar-refractivity contribution in [2.75, 3.05) is 6.54 Å².